The van der Waals surface area contributed by atoms with Gasteiger partial charge in [0.25, 0.3) is 0 Å². The predicted octanol–water partition coefficient (Wildman–Crippen LogP) is 8.65. The average Bonchev–Trinajstić information content (AvgIpc) is 3.14. The first kappa shape index (κ1) is 43.1. The van der Waals surface area contributed by atoms with Crippen LogP contribution in [0.2, 0.25) is 0 Å². The van der Waals surface area contributed by atoms with Gasteiger partial charge in [0.15, 0.2) is 19.5 Å². The molecule has 15 heteroatoms. The molecule has 4 rings (SSSR count). The van der Waals surface area contributed by atoms with Gasteiger partial charge in [0.2, 0.25) is 0 Å². The zero-order valence-corrected chi connectivity index (χ0v) is 30.9. The van der Waals surface area contributed by atoms with E-state index in [-0.39, 0.29) is 30.7 Å². The minimum atomic E-state index is -5.77. The Bertz CT molecular complexity index is 1670. The minimum absolute atomic E-state index is 0.0994. The summed E-state index contributed by atoms with van der Waals surface area (Å²) in [6.07, 6.45) is -5.38. The third-order valence-electron chi connectivity index (χ3n) is 9.94. The Morgan fingerprint density at radius 3 is 2.00 bits per heavy atom. The molecule has 1 aliphatic rings. The van der Waals surface area contributed by atoms with Crippen LogP contribution < -0.4 is 18.9 Å². The van der Waals surface area contributed by atoms with E-state index in [0.717, 1.165) is 48.1 Å². The summed E-state index contributed by atoms with van der Waals surface area (Å²) in [5.41, 5.74) is 2.79. The molecular weight excluding hydrogens is 735 g/mol. The van der Waals surface area contributed by atoms with Crippen molar-refractivity contribution < 1.29 is 70.2 Å². The highest BCUT2D eigenvalue weighted by Crippen LogP contribution is 2.50. The SMILES string of the molecule is COCOc1ccc(C2(C)COc3cc(OCOC)ccc3C2CCCCc2ccc(OCC(CCCC(F)(F)C(F)(F)F)C(C(=O)O)C(=O)O)cc2)cc1. The number of hydrogen-bond acceptors (Lipinski definition) is 8. The molecule has 302 valence electrons. The summed E-state index contributed by atoms with van der Waals surface area (Å²) in [5, 5.41) is 18.9. The first-order valence-corrected chi connectivity index (χ1v) is 17.8. The number of unbranched alkanes of at least 4 members (excludes halogenated alkanes) is 1. The lowest BCUT2D eigenvalue weighted by atomic mass is 9.66. The third-order valence-corrected chi connectivity index (χ3v) is 9.94. The van der Waals surface area contributed by atoms with Crippen molar-refractivity contribution in [1.82, 2.24) is 0 Å². The van der Waals surface area contributed by atoms with E-state index in [0.29, 0.717) is 18.1 Å². The van der Waals surface area contributed by atoms with Crippen molar-refractivity contribution >= 4 is 11.9 Å². The molecule has 0 amide bonds. The molecule has 0 aliphatic carbocycles. The van der Waals surface area contributed by atoms with Crippen molar-refractivity contribution in [3.05, 3.63) is 83.4 Å². The molecule has 3 atom stereocenters. The standard InChI is InChI=1S/C40H47F5O10/c1-38(28-12-16-30(17-13-28)54-24-50-2)23-53-34-21-31(55-25-51-3)18-19-32(34)33(38)9-5-4-7-26-10-14-29(15-11-26)52-22-27(35(36(46)47)37(48)49)8-6-20-39(41,42)40(43,44)45/h10-19,21,27,33,35H,4-9,20,22-25H2,1-3H3,(H,46,47)(H,48,49). The van der Waals surface area contributed by atoms with Crippen molar-refractivity contribution in [2.24, 2.45) is 11.8 Å². The van der Waals surface area contributed by atoms with Gasteiger partial charge in [0.1, 0.15) is 23.0 Å². The van der Waals surface area contributed by atoms with Gasteiger partial charge in [-0.15, -0.1) is 0 Å². The molecule has 0 saturated carbocycles. The number of carbonyl (C=O) groups is 2. The first-order valence-electron chi connectivity index (χ1n) is 17.8. The highest BCUT2D eigenvalue weighted by molar-refractivity contribution is 5.93. The Kier molecular flexibility index (Phi) is 15.1. The fourth-order valence-corrected chi connectivity index (χ4v) is 6.85. The molecule has 3 unspecified atom stereocenters. The van der Waals surface area contributed by atoms with Gasteiger partial charge < -0.3 is 38.6 Å². The van der Waals surface area contributed by atoms with E-state index in [4.69, 9.17) is 28.4 Å². The first-order chi connectivity index (χ1) is 26.1. The largest absolute Gasteiger partial charge is 0.493 e. The molecule has 1 aliphatic heterocycles. The van der Waals surface area contributed by atoms with Gasteiger partial charge in [-0.2, -0.15) is 22.0 Å². The second-order valence-electron chi connectivity index (χ2n) is 13.8. The molecule has 1 heterocycles. The molecule has 0 aromatic heterocycles. The zero-order chi connectivity index (χ0) is 40.2. The van der Waals surface area contributed by atoms with Gasteiger partial charge in [0, 0.05) is 44.0 Å². The fourth-order valence-electron chi connectivity index (χ4n) is 6.85. The summed E-state index contributed by atoms with van der Waals surface area (Å²) in [6, 6.07) is 20.6. The number of methoxy groups -OCH3 is 2. The topological polar surface area (TPSA) is 130 Å². The highest BCUT2D eigenvalue weighted by Gasteiger charge is 2.56. The van der Waals surface area contributed by atoms with Crippen LogP contribution in [0.3, 0.4) is 0 Å². The number of benzene rings is 3. The van der Waals surface area contributed by atoms with Gasteiger partial charge in [-0.3, -0.25) is 9.59 Å². The van der Waals surface area contributed by atoms with E-state index in [2.05, 4.69) is 6.92 Å². The molecule has 0 spiro atoms. The summed E-state index contributed by atoms with van der Waals surface area (Å²) in [5.74, 6) is -9.42. The Hall–Kier alpha value is -4.63. The number of aliphatic carboxylic acids is 2. The third kappa shape index (κ3) is 11.4. The average molecular weight is 783 g/mol. The molecule has 0 bridgehead atoms. The van der Waals surface area contributed by atoms with Crippen LogP contribution in [-0.2, 0) is 30.9 Å². The Labute approximate surface area is 316 Å². The van der Waals surface area contributed by atoms with Crippen LogP contribution in [-0.4, -0.2) is 75.3 Å². The summed E-state index contributed by atoms with van der Waals surface area (Å²) in [4.78, 5) is 23.3. The van der Waals surface area contributed by atoms with Gasteiger partial charge >= 0.3 is 24.0 Å². The van der Waals surface area contributed by atoms with E-state index in [1.807, 2.05) is 54.6 Å². The molecule has 3 aromatic rings. The summed E-state index contributed by atoms with van der Waals surface area (Å²) in [6.45, 7) is 2.38. The maximum absolute atomic E-state index is 13.4. The van der Waals surface area contributed by atoms with Crippen molar-refractivity contribution in [3.63, 3.8) is 0 Å². The van der Waals surface area contributed by atoms with Crippen molar-refractivity contribution in [3.8, 4) is 23.0 Å². The molecule has 0 saturated heterocycles. The predicted molar refractivity (Wildman–Crippen MR) is 190 cm³/mol. The second kappa shape index (κ2) is 19.3. The van der Waals surface area contributed by atoms with Gasteiger partial charge in [-0.25, -0.2) is 0 Å². The second-order valence-corrected chi connectivity index (χ2v) is 13.8. The molecule has 0 radical (unpaired) electrons. The van der Waals surface area contributed by atoms with Gasteiger partial charge in [0.05, 0.1) is 13.2 Å². The van der Waals surface area contributed by atoms with Gasteiger partial charge in [-0.1, -0.05) is 43.7 Å². The molecular formula is C40H47F5O10. The van der Waals surface area contributed by atoms with E-state index < -0.39 is 61.7 Å². The summed E-state index contributed by atoms with van der Waals surface area (Å²) < 4.78 is 98.0. The lowest BCUT2D eigenvalue weighted by Crippen LogP contribution is -2.40. The van der Waals surface area contributed by atoms with Crippen LogP contribution >= 0.6 is 0 Å². The molecule has 3 aromatic carbocycles. The molecule has 10 nitrogen and oxygen atoms in total. The lowest BCUT2D eigenvalue weighted by molar-refractivity contribution is -0.284. The van der Waals surface area contributed by atoms with Crippen LogP contribution in [0.25, 0.3) is 0 Å². The van der Waals surface area contributed by atoms with Crippen LogP contribution in [0, 0.1) is 11.8 Å². The van der Waals surface area contributed by atoms with E-state index >= 15 is 0 Å². The van der Waals surface area contributed by atoms with E-state index in [1.165, 1.54) is 0 Å². The number of halogens is 5. The minimum Gasteiger partial charge on any atom is -0.493 e. The van der Waals surface area contributed by atoms with Crippen LogP contribution in [0.15, 0.2) is 66.7 Å². The normalized spacial score (nSPS) is 17.6. The van der Waals surface area contributed by atoms with Crippen LogP contribution in [0.5, 0.6) is 23.0 Å². The maximum atomic E-state index is 13.4. The number of rotatable bonds is 22. The Balaban J connectivity index is 1.39. The van der Waals surface area contributed by atoms with Crippen LogP contribution in [0.4, 0.5) is 22.0 Å². The maximum Gasteiger partial charge on any atom is 0.453 e. The molecule has 2 N–H and O–H groups in total. The van der Waals surface area contributed by atoms with Crippen molar-refractivity contribution in [1.29, 1.82) is 0 Å². The Morgan fingerprint density at radius 2 is 1.40 bits per heavy atom. The number of fused-ring (bicyclic) bond motifs is 1. The smallest absolute Gasteiger partial charge is 0.453 e. The van der Waals surface area contributed by atoms with Crippen LogP contribution in [0.1, 0.15) is 68.1 Å². The number of ether oxygens (including phenoxy) is 6. The lowest BCUT2D eigenvalue weighted by Gasteiger charge is -2.43. The molecule has 55 heavy (non-hydrogen) atoms. The Morgan fingerprint density at radius 1 is 0.818 bits per heavy atom. The van der Waals surface area contributed by atoms with Crippen molar-refractivity contribution in [2.75, 3.05) is 41.0 Å². The number of aryl methyl sites for hydroxylation is 1. The number of carboxylic acids is 2. The number of carboxylic acid groups (broad SMARTS) is 2. The molecule has 0 fully saturated rings. The van der Waals surface area contributed by atoms with E-state index in [1.54, 1.807) is 26.4 Å². The van der Waals surface area contributed by atoms with Crippen molar-refractivity contribution in [2.45, 2.75) is 75.3 Å². The zero-order valence-electron chi connectivity index (χ0n) is 30.9. The highest BCUT2D eigenvalue weighted by atomic mass is 19.4. The monoisotopic (exact) mass is 782 g/mol. The fraction of sp³-hybridized carbons (Fsp3) is 0.500. The quantitative estimate of drug-likeness (QED) is 0.0442. The van der Waals surface area contributed by atoms with E-state index in [9.17, 15) is 41.8 Å². The summed E-state index contributed by atoms with van der Waals surface area (Å²) in [7, 11) is 3.11. The number of hydrogen-bond donors (Lipinski definition) is 2. The summed E-state index contributed by atoms with van der Waals surface area (Å²) >= 11 is 0. The van der Waals surface area contributed by atoms with Gasteiger partial charge in [-0.05, 0) is 79.1 Å². The number of alkyl halides is 5.